The predicted molar refractivity (Wildman–Crippen MR) is 88.7 cm³/mol. The first kappa shape index (κ1) is 16.9. The van der Waals surface area contributed by atoms with Crippen molar-refractivity contribution in [3.8, 4) is 0 Å². The lowest BCUT2D eigenvalue weighted by Gasteiger charge is -2.31. The highest BCUT2D eigenvalue weighted by atomic mass is 79.9. The summed E-state index contributed by atoms with van der Waals surface area (Å²) in [4.78, 5) is 0.372. The Bertz CT molecular complexity index is 585. The Morgan fingerprint density at radius 1 is 1.38 bits per heavy atom. The third-order valence-corrected chi connectivity index (χ3v) is 6.97. The van der Waals surface area contributed by atoms with Crippen LogP contribution < -0.4 is 5.32 Å². The van der Waals surface area contributed by atoms with Gasteiger partial charge < -0.3 is 5.32 Å². The fourth-order valence-corrected chi connectivity index (χ4v) is 5.06. The van der Waals surface area contributed by atoms with Gasteiger partial charge in [0, 0.05) is 24.1 Å². The number of sulfonamides is 1. The molecule has 1 fully saturated rings. The summed E-state index contributed by atoms with van der Waals surface area (Å²) < 4.78 is 28.0. The number of hydrogen-bond acceptors (Lipinski definition) is 3. The highest BCUT2D eigenvalue weighted by Gasteiger charge is 2.29. The van der Waals surface area contributed by atoms with Crippen molar-refractivity contribution in [2.45, 2.75) is 37.6 Å². The maximum atomic E-state index is 12.9. The summed E-state index contributed by atoms with van der Waals surface area (Å²) in [6.45, 7) is 3.72. The molecule has 1 aromatic rings. The van der Waals surface area contributed by atoms with Crippen molar-refractivity contribution >= 4 is 26.0 Å². The van der Waals surface area contributed by atoms with Crippen molar-refractivity contribution < 1.29 is 8.42 Å². The summed E-state index contributed by atoms with van der Waals surface area (Å²) >= 11 is 3.39. The Morgan fingerprint density at radius 3 is 2.62 bits per heavy atom. The van der Waals surface area contributed by atoms with Crippen LogP contribution in [0.2, 0.25) is 0 Å². The van der Waals surface area contributed by atoms with Gasteiger partial charge >= 0.3 is 0 Å². The lowest BCUT2D eigenvalue weighted by molar-refractivity contribution is 0.250. The van der Waals surface area contributed by atoms with Gasteiger partial charge in [-0.1, -0.05) is 19.4 Å². The fourth-order valence-electron chi connectivity index (χ4n) is 2.56. The van der Waals surface area contributed by atoms with Gasteiger partial charge in [-0.3, -0.25) is 0 Å². The predicted octanol–water partition coefficient (Wildman–Crippen LogP) is 2.98. The van der Waals surface area contributed by atoms with Crippen LogP contribution in [-0.2, 0) is 16.6 Å². The minimum absolute atomic E-state index is 0.372. The molecule has 0 bridgehead atoms. The summed E-state index contributed by atoms with van der Waals surface area (Å²) in [5.74, 6) is 0.527. The number of nitrogens with one attached hydrogen (secondary N) is 1. The van der Waals surface area contributed by atoms with Gasteiger partial charge in [0.1, 0.15) is 0 Å². The second kappa shape index (κ2) is 7.22. The molecule has 21 heavy (non-hydrogen) atoms. The zero-order valence-corrected chi connectivity index (χ0v) is 15.0. The first-order valence-electron chi connectivity index (χ1n) is 7.42. The van der Waals surface area contributed by atoms with Crippen LogP contribution in [0.25, 0.3) is 0 Å². The van der Waals surface area contributed by atoms with Gasteiger partial charge in [-0.2, -0.15) is 4.31 Å². The minimum atomic E-state index is -3.44. The van der Waals surface area contributed by atoms with E-state index < -0.39 is 10.0 Å². The van der Waals surface area contributed by atoms with E-state index in [-0.39, 0.29) is 0 Å². The van der Waals surface area contributed by atoms with Crippen molar-refractivity contribution in [3.05, 3.63) is 28.2 Å². The lowest BCUT2D eigenvalue weighted by atomic mass is 9.85. The first-order chi connectivity index (χ1) is 9.98. The van der Waals surface area contributed by atoms with Crippen LogP contribution in [0.15, 0.2) is 27.6 Å². The fraction of sp³-hybridized carbons (Fsp3) is 0.600. The van der Waals surface area contributed by atoms with Crippen LogP contribution in [-0.4, -0.2) is 32.9 Å². The number of hydrogen-bond donors (Lipinski definition) is 1. The number of nitrogens with zero attached hydrogens (tertiary/aromatic N) is 1. The normalized spacial score (nSPS) is 16.2. The van der Waals surface area contributed by atoms with Gasteiger partial charge in [0.2, 0.25) is 10.0 Å². The van der Waals surface area contributed by atoms with Crippen molar-refractivity contribution in [1.82, 2.24) is 9.62 Å². The monoisotopic (exact) mass is 374 g/mol. The molecular formula is C15H23BrN2O2S. The highest BCUT2D eigenvalue weighted by molar-refractivity contribution is 9.10. The van der Waals surface area contributed by atoms with E-state index in [1.165, 1.54) is 6.42 Å². The molecule has 0 amide bonds. The van der Waals surface area contributed by atoms with E-state index in [2.05, 4.69) is 21.2 Å². The van der Waals surface area contributed by atoms with Gasteiger partial charge in [0.15, 0.2) is 0 Å². The molecule has 0 aliphatic heterocycles. The summed E-state index contributed by atoms with van der Waals surface area (Å²) in [7, 11) is -1.58. The van der Waals surface area contributed by atoms with Crippen molar-refractivity contribution in [3.63, 3.8) is 0 Å². The van der Waals surface area contributed by atoms with E-state index in [9.17, 15) is 8.42 Å². The van der Waals surface area contributed by atoms with Crippen LogP contribution in [0.1, 0.15) is 31.7 Å². The maximum absolute atomic E-state index is 12.9. The zero-order valence-electron chi connectivity index (χ0n) is 12.6. The van der Waals surface area contributed by atoms with Gasteiger partial charge in [-0.15, -0.1) is 0 Å². The quantitative estimate of drug-likeness (QED) is 0.797. The van der Waals surface area contributed by atoms with Crippen LogP contribution >= 0.6 is 15.9 Å². The molecule has 6 heteroatoms. The third kappa shape index (κ3) is 3.86. The molecule has 0 atom stereocenters. The van der Waals surface area contributed by atoms with E-state index >= 15 is 0 Å². The second-order valence-electron chi connectivity index (χ2n) is 5.55. The summed E-state index contributed by atoms with van der Waals surface area (Å²) in [6.07, 6.45) is 3.52. The molecule has 0 radical (unpaired) electrons. The molecule has 0 aromatic heterocycles. The standard InChI is InChI=1S/C15H23BrN2O2S/c1-3-18(11-12-5-4-6-12)21(19,20)15-9-13(10-17-2)7-8-14(15)16/h7-9,12,17H,3-6,10-11H2,1-2H3. The number of rotatable bonds is 7. The largest absolute Gasteiger partial charge is 0.316 e. The molecule has 0 heterocycles. The van der Waals surface area contributed by atoms with Gasteiger partial charge in [0.05, 0.1) is 4.90 Å². The molecule has 1 aliphatic rings. The smallest absolute Gasteiger partial charge is 0.244 e. The Balaban J connectivity index is 2.29. The summed E-state index contributed by atoms with van der Waals surface area (Å²) in [5, 5.41) is 3.05. The summed E-state index contributed by atoms with van der Waals surface area (Å²) in [5.41, 5.74) is 0.971. The second-order valence-corrected chi connectivity index (χ2v) is 8.31. The molecule has 118 valence electrons. The van der Waals surface area contributed by atoms with Crippen LogP contribution in [0.5, 0.6) is 0 Å². The SMILES string of the molecule is CCN(CC1CCC1)S(=O)(=O)c1cc(CNC)ccc1Br. The molecule has 0 unspecified atom stereocenters. The van der Waals surface area contributed by atoms with Gasteiger partial charge in [0.25, 0.3) is 0 Å². The van der Waals surface area contributed by atoms with E-state index in [0.29, 0.717) is 34.9 Å². The number of halogens is 1. The molecule has 1 aliphatic carbocycles. The van der Waals surface area contributed by atoms with Crippen molar-refractivity contribution in [1.29, 1.82) is 0 Å². The average Bonchev–Trinajstić information content (AvgIpc) is 2.39. The van der Waals surface area contributed by atoms with Gasteiger partial charge in [-0.05, 0) is 59.4 Å². The van der Waals surface area contributed by atoms with E-state index in [0.717, 1.165) is 18.4 Å². The first-order valence-corrected chi connectivity index (χ1v) is 9.65. The molecule has 2 rings (SSSR count). The van der Waals surface area contributed by atoms with Crippen LogP contribution in [0, 0.1) is 5.92 Å². The number of benzene rings is 1. The maximum Gasteiger partial charge on any atom is 0.244 e. The Morgan fingerprint density at radius 2 is 2.10 bits per heavy atom. The van der Waals surface area contributed by atoms with Gasteiger partial charge in [-0.25, -0.2) is 8.42 Å². The van der Waals surface area contributed by atoms with Crippen LogP contribution in [0.4, 0.5) is 0 Å². The Labute approximate surface area is 136 Å². The molecule has 1 saturated carbocycles. The third-order valence-electron chi connectivity index (χ3n) is 4.03. The summed E-state index contributed by atoms with van der Waals surface area (Å²) in [6, 6.07) is 5.51. The average molecular weight is 375 g/mol. The Kier molecular flexibility index (Phi) is 5.82. The van der Waals surface area contributed by atoms with E-state index in [1.54, 1.807) is 10.4 Å². The lowest BCUT2D eigenvalue weighted by Crippen LogP contribution is -2.37. The highest BCUT2D eigenvalue weighted by Crippen LogP contribution is 2.31. The minimum Gasteiger partial charge on any atom is -0.316 e. The van der Waals surface area contributed by atoms with Crippen molar-refractivity contribution in [2.24, 2.45) is 5.92 Å². The molecule has 1 aromatic carbocycles. The van der Waals surface area contributed by atoms with E-state index in [1.807, 2.05) is 26.1 Å². The molecule has 4 nitrogen and oxygen atoms in total. The zero-order chi connectivity index (χ0) is 15.5. The molecule has 0 saturated heterocycles. The molecular weight excluding hydrogens is 352 g/mol. The van der Waals surface area contributed by atoms with E-state index in [4.69, 9.17) is 0 Å². The molecule has 1 N–H and O–H groups in total. The molecule has 0 spiro atoms. The Hall–Kier alpha value is -0.430. The topological polar surface area (TPSA) is 49.4 Å². The van der Waals surface area contributed by atoms with Crippen molar-refractivity contribution in [2.75, 3.05) is 20.1 Å². The van der Waals surface area contributed by atoms with Crippen LogP contribution in [0.3, 0.4) is 0 Å².